The molecule has 2 rings (SSSR count). The third kappa shape index (κ3) is 3.46. The van der Waals surface area contributed by atoms with Crippen LogP contribution >= 0.6 is 11.3 Å². The SMILES string of the molecule is COC1CC(NC(=O)c2csc(C#CCCO)c2)C1(C)C. The lowest BCUT2D eigenvalue weighted by Crippen LogP contribution is -2.61. The Labute approximate surface area is 129 Å². The average Bonchev–Trinajstić information content (AvgIpc) is 2.92. The zero-order valence-electron chi connectivity index (χ0n) is 12.6. The van der Waals surface area contributed by atoms with Gasteiger partial charge in [-0.3, -0.25) is 4.79 Å². The summed E-state index contributed by atoms with van der Waals surface area (Å²) in [6, 6.07) is 1.93. The highest BCUT2D eigenvalue weighted by atomic mass is 32.1. The lowest BCUT2D eigenvalue weighted by atomic mass is 9.64. The molecule has 0 radical (unpaired) electrons. The molecule has 1 fully saturated rings. The topological polar surface area (TPSA) is 58.6 Å². The molecule has 0 bridgehead atoms. The van der Waals surface area contributed by atoms with Gasteiger partial charge >= 0.3 is 0 Å². The molecular formula is C16H21NO3S. The molecule has 0 spiro atoms. The van der Waals surface area contributed by atoms with E-state index in [0.29, 0.717) is 12.0 Å². The minimum absolute atomic E-state index is 0.0375. The third-order valence-corrected chi connectivity index (χ3v) is 4.92. The number of hydrogen-bond donors (Lipinski definition) is 2. The molecule has 0 aromatic carbocycles. The number of aliphatic hydroxyl groups is 1. The van der Waals surface area contributed by atoms with Crippen molar-refractivity contribution < 1.29 is 14.6 Å². The number of thiophene rings is 1. The van der Waals surface area contributed by atoms with Gasteiger partial charge in [0.25, 0.3) is 5.91 Å². The Bertz CT molecular complexity index is 568. The van der Waals surface area contributed by atoms with Crippen LogP contribution in [-0.2, 0) is 4.74 Å². The van der Waals surface area contributed by atoms with Crippen LogP contribution in [0.15, 0.2) is 11.4 Å². The first-order valence-electron chi connectivity index (χ1n) is 7.01. The van der Waals surface area contributed by atoms with E-state index in [4.69, 9.17) is 9.84 Å². The molecule has 1 aromatic heterocycles. The summed E-state index contributed by atoms with van der Waals surface area (Å²) in [4.78, 5) is 13.1. The van der Waals surface area contributed by atoms with Gasteiger partial charge in [0.15, 0.2) is 0 Å². The van der Waals surface area contributed by atoms with E-state index < -0.39 is 0 Å². The summed E-state index contributed by atoms with van der Waals surface area (Å²) in [6.07, 6.45) is 1.50. The Hall–Kier alpha value is -1.35. The molecule has 0 saturated heterocycles. The van der Waals surface area contributed by atoms with Gasteiger partial charge in [-0.25, -0.2) is 0 Å². The van der Waals surface area contributed by atoms with E-state index in [-0.39, 0.29) is 30.1 Å². The molecule has 1 heterocycles. The third-order valence-electron chi connectivity index (χ3n) is 4.08. The van der Waals surface area contributed by atoms with Crippen LogP contribution in [0.4, 0.5) is 0 Å². The van der Waals surface area contributed by atoms with Crippen LogP contribution < -0.4 is 5.32 Å². The van der Waals surface area contributed by atoms with Crippen molar-refractivity contribution in [2.24, 2.45) is 5.41 Å². The fourth-order valence-electron chi connectivity index (χ4n) is 2.50. The lowest BCUT2D eigenvalue weighted by molar-refractivity contribution is -0.0942. The molecule has 114 valence electrons. The molecule has 1 amide bonds. The monoisotopic (exact) mass is 307 g/mol. The Morgan fingerprint density at radius 2 is 2.38 bits per heavy atom. The summed E-state index contributed by atoms with van der Waals surface area (Å²) >= 11 is 1.45. The number of hydrogen-bond acceptors (Lipinski definition) is 4. The summed E-state index contributed by atoms with van der Waals surface area (Å²) in [5, 5.41) is 13.6. The number of aliphatic hydroxyl groups excluding tert-OH is 1. The zero-order chi connectivity index (χ0) is 15.5. The van der Waals surface area contributed by atoms with Crippen LogP contribution in [0.5, 0.6) is 0 Å². The van der Waals surface area contributed by atoms with Gasteiger partial charge in [0, 0.05) is 30.4 Å². The Morgan fingerprint density at radius 3 is 3.00 bits per heavy atom. The first kappa shape index (κ1) is 16.0. The van der Waals surface area contributed by atoms with Gasteiger partial charge in [-0.05, 0) is 12.5 Å². The molecule has 2 N–H and O–H groups in total. The second kappa shape index (κ2) is 6.61. The summed E-state index contributed by atoms with van der Waals surface area (Å²) in [6.45, 7) is 4.27. The quantitative estimate of drug-likeness (QED) is 0.837. The predicted molar refractivity (Wildman–Crippen MR) is 83.3 cm³/mol. The fraction of sp³-hybridized carbons (Fsp3) is 0.562. The smallest absolute Gasteiger partial charge is 0.252 e. The maximum atomic E-state index is 12.2. The molecule has 1 saturated carbocycles. The van der Waals surface area contributed by atoms with Gasteiger partial charge in [0.05, 0.1) is 23.2 Å². The normalized spacial score (nSPS) is 22.9. The second-order valence-electron chi connectivity index (χ2n) is 5.78. The van der Waals surface area contributed by atoms with Gasteiger partial charge in [0.2, 0.25) is 0 Å². The van der Waals surface area contributed by atoms with Crippen molar-refractivity contribution in [2.75, 3.05) is 13.7 Å². The molecule has 0 aliphatic heterocycles. The fourth-order valence-corrected chi connectivity index (χ4v) is 3.25. The van der Waals surface area contributed by atoms with Crippen molar-refractivity contribution in [3.63, 3.8) is 0 Å². The van der Waals surface area contributed by atoms with E-state index >= 15 is 0 Å². The van der Waals surface area contributed by atoms with Crippen molar-refractivity contribution in [3.05, 3.63) is 21.9 Å². The molecule has 5 heteroatoms. The highest BCUT2D eigenvalue weighted by Crippen LogP contribution is 2.42. The van der Waals surface area contributed by atoms with Gasteiger partial charge in [-0.1, -0.05) is 25.7 Å². The summed E-state index contributed by atoms with van der Waals surface area (Å²) in [5.74, 6) is 5.74. The Morgan fingerprint density at radius 1 is 1.62 bits per heavy atom. The van der Waals surface area contributed by atoms with Crippen molar-refractivity contribution >= 4 is 17.2 Å². The molecule has 1 aromatic rings. The first-order chi connectivity index (χ1) is 9.98. The zero-order valence-corrected chi connectivity index (χ0v) is 13.4. The maximum Gasteiger partial charge on any atom is 0.252 e. The van der Waals surface area contributed by atoms with Crippen molar-refractivity contribution in [1.82, 2.24) is 5.32 Å². The molecular weight excluding hydrogens is 286 g/mol. The number of methoxy groups -OCH3 is 1. The maximum absolute atomic E-state index is 12.2. The molecule has 2 atom stereocenters. The van der Waals surface area contributed by atoms with Crippen LogP contribution in [-0.4, -0.2) is 36.9 Å². The van der Waals surface area contributed by atoms with Crippen LogP contribution in [0.2, 0.25) is 0 Å². The van der Waals surface area contributed by atoms with E-state index in [1.54, 1.807) is 13.2 Å². The van der Waals surface area contributed by atoms with Crippen molar-refractivity contribution in [2.45, 2.75) is 38.8 Å². The number of nitrogens with one attached hydrogen (secondary N) is 1. The van der Waals surface area contributed by atoms with Crippen LogP contribution in [0, 0.1) is 17.3 Å². The minimum Gasteiger partial charge on any atom is -0.395 e. The van der Waals surface area contributed by atoms with Gasteiger partial charge in [-0.2, -0.15) is 0 Å². The molecule has 1 aliphatic carbocycles. The summed E-state index contributed by atoms with van der Waals surface area (Å²) in [7, 11) is 1.71. The number of amides is 1. The van der Waals surface area contributed by atoms with Gasteiger partial charge in [0.1, 0.15) is 0 Å². The van der Waals surface area contributed by atoms with E-state index in [0.717, 1.165) is 11.3 Å². The van der Waals surface area contributed by atoms with Crippen LogP contribution in [0.25, 0.3) is 0 Å². The average molecular weight is 307 g/mol. The predicted octanol–water partition coefficient (Wildman–Crippen LogP) is 2.03. The number of ether oxygens (including phenoxy) is 1. The number of carbonyl (C=O) groups excluding carboxylic acids is 1. The van der Waals surface area contributed by atoms with Gasteiger partial charge in [-0.15, -0.1) is 11.3 Å². The van der Waals surface area contributed by atoms with Crippen molar-refractivity contribution in [3.8, 4) is 11.8 Å². The highest BCUT2D eigenvalue weighted by Gasteiger charge is 2.49. The van der Waals surface area contributed by atoms with E-state index in [1.165, 1.54) is 11.3 Å². The van der Waals surface area contributed by atoms with Crippen LogP contribution in [0.1, 0.15) is 41.9 Å². The molecule has 21 heavy (non-hydrogen) atoms. The van der Waals surface area contributed by atoms with Gasteiger partial charge < -0.3 is 15.2 Å². The minimum atomic E-state index is -0.0610. The largest absolute Gasteiger partial charge is 0.395 e. The summed E-state index contributed by atoms with van der Waals surface area (Å²) in [5.41, 5.74) is 0.606. The Balaban J connectivity index is 1.95. The Kier molecular flexibility index (Phi) is 5.04. The van der Waals surface area contributed by atoms with Crippen molar-refractivity contribution in [1.29, 1.82) is 0 Å². The van der Waals surface area contributed by atoms with Crippen LogP contribution in [0.3, 0.4) is 0 Å². The first-order valence-corrected chi connectivity index (χ1v) is 7.89. The highest BCUT2D eigenvalue weighted by molar-refractivity contribution is 7.10. The number of rotatable bonds is 4. The second-order valence-corrected chi connectivity index (χ2v) is 6.69. The van der Waals surface area contributed by atoms with E-state index in [2.05, 4.69) is 31.0 Å². The molecule has 4 nitrogen and oxygen atoms in total. The summed E-state index contributed by atoms with van der Waals surface area (Å²) < 4.78 is 5.39. The molecule has 2 unspecified atom stereocenters. The lowest BCUT2D eigenvalue weighted by Gasteiger charge is -2.51. The standard InChI is InChI=1S/C16H21NO3S/c1-16(2)13(9-14(16)20-3)17-15(19)11-8-12(21-10-11)6-4-5-7-18/h8,10,13-14,18H,5,7,9H2,1-3H3,(H,17,19). The number of carbonyl (C=O) groups is 1. The molecule has 1 aliphatic rings. The van der Waals surface area contributed by atoms with E-state index in [9.17, 15) is 4.79 Å². The van der Waals surface area contributed by atoms with E-state index in [1.807, 2.05) is 5.38 Å².